The molecule has 160 valence electrons. The molecule has 30 heavy (non-hydrogen) atoms. The Morgan fingerprint density at radius 2 is 1.83 bits per heavy atom. The lowest BCUT2D eigenvalue weighted by molar-refractivity contribution is -0.141. The number of hydrogen-bond acceptors (Lipinski definition) is 4. The highest BCUT2D eigenvalue weighted by Crippen LogP contribution is 2.59. The van der Waals surface area contributed by atoms with Crippen molar-refractivity contribution in [1.82, 2.24) is 25.1 Å². The Labute approximate surface area is 172 Å². The van der Waals surface area contributed by atoms with Crippen molar-refractivity contribution in [2.75, 3.05) is 6.54 Å². The number of amides is 1. The number of carbonyl (C=O) groups excluding carboxylic acids is 1. The first-order valence-electron chi connectivity index (χ1n) is 10.5. The van der Waals surface area contributed by atoms with Crippen molar-refractivity contribution in [3.05, 3.63) is 35.4 Å². The Morgan fingerprint density at radius 1 is 1.20 bits per heavy atom. The summed E-state index contributed by atoms with van der Waals surface area (Å²) in [4.78, 5) is 20.2. The van der Waals surface area contributed by atoms with E-state index in [0.717, 1.165) is 34.7 Å². The molecular weight excluding hydrogens is 395 g/mol. The lowest BCUT2D eigenvalue weighted by Crippen LogP contribution is -2.51. The van der Waals surface area contributed by atoms with Crippen molar-refractivity contribution in [3.8, 4) is 5.95 Å². The standard InChI is InChI=1S/C21H24F3N5O/c1-12-16(10-29(28-12)19-25-3-2-17(27-19)21(22,23)24)18(30)26-11-20-7-13-4-14(8-20)6-15(5-13)9-20/h2-3,10,13-15H,4-9,11H2,1H3,(H,26,30). The van der Waals surface area contributed by atoms with E-state index in [-0.39, 0.29) is 17.3 Å². The van der Waals surface area contributed by atoms with Crippen LogP contribution in [0.5, 0.6) is 0 Å². The zero-order valence-electron chi connectivity index (χ0n) is 16.7. The highest BCUT2D eigenvalue weighted by Gasteiger charge is 2.50. The molecule has 6 rings (SSSR count). The van der Waals surface area contributed by atoms with E-state index in [1.54, 1.807) is 6.92 Å². The number of aryl methyl sites for hydroxylation is 1. The van der Waals surface area contributed by atoms with Gasteiger partial charge in [-0.3, -0.25) is 4.79 Å². The summed E-state index contributed by atoms with van der Waals surface area (Å²) in [6.45, 7) is 2.31. The van der Waals surface area contributed by atoms with Crippen LogP contribution in [0.15, 0.2) is 18.5 Å². The third-order valence-electron chi connectivity index (χ3n) is 7.07. The number of nitrogens with zero attached hydrogens (tertiary/aromatic N) is 4. The molecule has 0 atom stereocenters. The Hall–Kier alpha value is -2.45. The molecule has 1 N–H and O–H groups in total. The maximum Gasteiger partial charge on any atom is 0.433 e. The van der Waals surface area contributed by atoms with Crippen molar-refractivity contribution in [3.63, 3.8) is 0 Å². The average molecular weight is 419 g/mol. The molecule has 0 spiro atoms. The van der Waals surface area contributed by atoms with Gasteiger partial charge in [-0.15, -0.1) is 0 Å². The van der Waals surface area contributed by atoms with Gasteiger partial charge >= 0.3 is 6.18 Å². The van der Waals surface area contributed by atoms with E-state index in [2.05, 4.69) is 20.4 Å². The molecule has 4 aliphatic carbocycles. The van der Waals surface area contributed by atoms with E-state index in [0.29, 0.717) is 17.8 Å². The molecule has 4 aliphatic rings. The first-order valence-corrected chi connectivity index (χ1v) is 10.5. The maximum absolute atomic E-state index is 12.9. The number of halogens is 3. The smallest absolute Gasteiger partial charge is 0.351 e. The van der Waals surface area contributed by atoms with E-state index in [1.807, 2.05) is 0 Å². The molecule has 0 unspecified atom stereocenters. The molecule has 9 heteroatoms. The van der Waals surface area contributed by atoms with Gasteiger partial charge in [0.1, 0.15) is 5.69 Å². The summed E-state index contributed by atoms with van der Waals surface area (Å²) in [6, 6.07) is 0.805. The van der Waals surface area contributed by atoms with Crippen molar-refractivity contribution in [1.29, 1.82) is 0 Å². The molecule has 4 saturated carbocycles. The summed E-state index contributed by atoms with van der Waals surface area (Å²) in [7, 11) is 0. The first kappa shape index (κ1) is 19.5. The number of hydrogen-bond donors (Lipinski definition) is 1. The van der Waals surface area contributed by atoms with Crippen molar-refractivity contribution < 1.29 is 18.0 Å². The monoisotopic (exact) mass is 419 g/mol. The largest absolute Gasteiger partial charge is 0.433 e. The third-order valence-corrected chi connectivity index (χ3v) is 7.07. The van der Waals surface area contributed by atoms with Crippen LogP contribution in [0.25, 0.3) is 5.95 Å². The van der Waals surface area contributed by atoms with Gasteiger partial charge in [0.25, 0.3) is 11.9 Å². The zero-order chi connectivity index (χ0) is 21.1. The average Bonchev–Trinajstić information content (AvgIpc) is 3.06. The molecule has 6 nitrogen and oxygen atoms in total. The number of carbonyl (C=O) groups is 1. The minimum Gasteiger partial charge on any atom is -0.351 e. The van der Waals surface area contributed by atoms with Gasteiger partial charge < -0.3 is 5.32 Å². The molecule has 2 heterocycles. The molecule has 0 aliphatic heterocycles. The second kappa shape index (κ2) is 6.78. The maximum atomic E-state index is 12.9. The van der Waals surface area contributed by atoms with Crippen molar-refractivity contribution >= 4 is 5.91 Å². The van der Waals surface area contributed by atoms with E-state index in [4.69, 9.17) is 0 Å². The fourth-order valence-electron chi connectivity index (χ4n) is 6.27. The molecule has 0 aromatic carbocycles. The lowest BCUT2D eigenvalue weighted by Gasteiger charge is -2.56. The fourth-order valence-corrected chi connectivity index (χ4v) is 6.27. The molecule has 0 saturated heterocycles. The van der Waals surface area contributed by atoms with Gasteiger partial charge in [0, 0.05) is 18.9 Å². The molecule has 2 aromatic heterocycles. The normalized spacial score (nSPS) is 29.9. The minimum absolute atomic E-state index is 0.207. The zero-order valence-corrected chi connectivity index (χ0v) is 16.7. The van der Waals surface area contributed by atoms with Gasteiger partial charge in [-0.1, -0.05) is 0 Å². The van der Waals surface area contributed by atoms with Crippen LogP contribution >= 0.6 is 0 Å². The summed E-state index contributed by atoms with van der Waals surface area (Å²) < 4.78 is 39.9. The third kappa shape index (κ3) is 3.48. The van der Waals surface area contributed by atoms with Crippen LogP contribution < -0.4 is 5.32 Å². The van der Waals surface area contributed by atoms with Crippen molar-refractivity contribution in [2.45, 2.75) is 51.6 Å². The Bertz CT molecular complexity index is 948. The van der Waals surface area contributed by atoms with Crippen LogP contribution in [0.2, 0.25) is 0 Å². The quantitative estimate of drug-likeness (QED) is 0.815. The second-order valence-electron chi connectivity index (χ2n) is 9.41. The molecule has 2 aromatic rings. The second-order valence-corrected chi connectivity index (χ2v) is 9.41. The van der Waals surface area contributed by atoms with Gasteiger partial charge in [-0.25, -0.2) is 14.6 Å². The summed E-state index contributed by atoms with van der Waals surface area (Å²) in [6.07, 6.45) is 5.47. The van der Waals surface area contributed by atoms with Crippen LogP contribution in [0, 0.1) is 30.1 Å². The van der Waals surface area contributed by atoms with Crippen LogP contribution in [-0.4, -0.2) is 32.2 Å². The fraction of sp³-hybridized carbons (Fsp3) is 0.619. The van der Waals surface area contributed by atoms with Gasteiger partial charge in [-0.2, -0.15) is 18.3 Å². The summed E-state index contributed by atoms with van der Waals surface area (Å²) in [5.41, 5.74) is -0.0772. The first-order chi connectivity index (χ1) is 14.2. The van der Waals surface area contributed by atoms with E-state index in [9.17, 15) is 18.0 Å². The summed E-state index contributed by atoms with van der Waals surface area (Å²) in [5, 5.41) is 7.25. The van der Waals surface area contributed by atoms with Crippen LogP contribution in [0.4, 0.5) is 13.2 Å². The van der Waals surface area contributed by atoms with Crippen molar-refractivity contribution in [2.24, 2.45) is 23.2 Å². The molecular formula is C21H24F3N5O. The van der Waals surface area contributed by atoms with E-state index < -0.39 is 11.9 Å². The van der Waals surface area contributed by atoms with Crippen LogP contribution in [-0.2, 0) is 6.18 Å². The van der Waals surface area contributed by atoms with E-state index in [1.165, 1.54) is 44.7 Å². The Kier molecular flexibility index (Phi) is 4.41. The molecule has 4 bridgehead atoms. The number of aromatic nitrogens is 4. The SMILES string of the molecule is Cc1nn(-c2nccc(C(F)(F)F)n2)cc1C(=O)NCC12CC3CC(CC(C3)C1)C2. The molecule has 4 fully saturated rings. The Balaban J connectivity index is 1.31. The van der Waals surface area contributed by atoms with Gasteiger partial charge in [0.2, 0.25) is 0 Å². The predicted octanol–water partition coefficient (Wildman–Crippen LogP) is 3.94. The number of nitrogens with one attached hydrogen (secondary N) is 1. The molecule has 1 amide bonds. The van der Waals surface area contributed by atoms with Gasteiger partial charge in [0.05, 0.1) is 11.3 Å². The highest BCUT2D eigenvalue weighted by atomic mass is 19.4. The number of rotatable bonds is 4. The highest BCUT2D eigenvalue weighted by molar-refractivity contribution is 5.95. The van der Waals surface area contributed by atoms with E-state index >= 15 is 0 Å². The van der Waals surface area contributed by atoms with Crippen LogP contribution in [0.3, 0.4) is 0 Å². The molecule has 0 radical (unpaired) electrons. The topological polar surface area (TPSA) is 72.7 Å². The summed E-state index contributed by atoms with van der Waals surface area (Å²) in [5.74, 6) is 1.94. The Morgan fingerprint density at radius 3 is 2.43 bits per heavy atom. The van der Waals surface area contributed by atoms with Gasteiger partial charge in [0.15, 0.2) is 0 Å². The lowest BCUT2D eigenvalue weighted by atomic mass is 9.49. The van der Waals surface area contributed by atoms with Crippen LogP contribution in [0.1, 0.15) is 60.3 Å². The summed E-state index contributed by atoms with van der Waals surface area (Å²) >= 11 is 0. The van der Waals surface area contributed by atoms with Gasteiger partial charge in [-0.05, 0) is 74.7 Å². The minimum atomic E-state index is -4.57. The predicted molar refractivity (Wildman–Crippen MR) is 102 cm³/mol. The number of alkyl halides is 3.